The summed E-state index contributed by atoms with van der Waals surface area (Å²) in [6.45, 7) is 5.49. The highest BCUT2D eigenvalue weighted by atomic mass is 35.5. The van der Waals surface area contributed by atoms with Crippen molar-refractivity contribution >= 4 is 29.0 Å². The third-order valence-electron chi connectivity index (χ3n) is 2.24. The maximum Gasteiger partial charge on any atom is 0.139 e. The van der Waals surface area contributed by atoms with Crippen LogP contribution in [0.4, 0.5) is 0 Å². The van der Waals surface area contributed by atoms with Crippen LogP contribution in [-0.4, -0.2) is 10.8 Å². The van der Waals surface area contributed by atoms with Gasteiger partial charge in [-0.05, 0) is 18.9 Å². The zero-order valence-electron chi connectivity index (χ0n) is 8.92. The minimum Gasteiger partial charge on any atom is -0.299 e. The standard InChI is InChI=1S/C11H13Cl2NO/c1-6(2)10(7(3)15)11-9(13)4-8(12)5-14-11/h4-6,10H,1-3H3. The molecule has 0 aliphatic heterocycles. The van der Waals surface area contributed by atoms with Gasteiger partial charge in [-0.1, -0.05) is 37.0 Å². The molecule has 0 spiro atoms. The van der Waals surface area contributed by atoms with Gasteiger partial charge in [-0.15, -0.1) is 0 Å². The molecule has 0 aromatic carbocycles. The normalized spacial score (nSPS) is 12.9. The second kappa shape index (κ2) is 4.95. The Balaban J connectivity index is 3.17. The molecular weight excluding hydrogens is 233 g/mol. The van der Waals surface area contributed by atoms with Gasteiger partial charge in [0.05, 0.1) is 21.7 Å². The number of Topliss-reactive ketones (excluding diaryl/α,β-unsaturated/α-hetero) is 1. The van der Waals surface area contributed by atoms with E-state index >= 15 is 0 Å². The molecule has 1 atom stereocenters. The molecule has 0 radical (unpaired) electrons. The van der Waals surface area contributed by atoms with E-state index in [4.69, 9.17) is 23.2 Å². The van der Waals surface area contributed by atoms with E-state index in [1.807, 2.05) is 13.8 Å². The van der Waals surface area contributed by atoms with Gasteiger partial charge in [0.1, 0.15) is 5.78 Å². The Kier molecular flexibility index (Phi) is 4.12. The molecule has 1 aromatic heterocycles. The maximum absolute atomic E-state index is 11.5. The molecule has 0 saturated heterocycles. The first-order valence-corrected chi connectivity index (χ1v) is 5.50. The van der Waals surface area contributed by atoms with Gasteiger partial charge in [0.25, 0.3) is 0 Å². The summed E-state index contributed by atoms with van der Waals surface area (Å²) in [4.78, 5) is 15.6. The lowest BCUT2D eigenvalue weighted by atomic mass is 9.89. The Hall–Kier alpha value is -0.600. The van der Waals surface area contributed by atoms with Crippen molar-refractivity contribution in [2.45, 2.75) is 26.7 Å². The molecule has 4 heteroatoms. The number of halogens is 2. The third-order valence-corrected chi connectivity index (χ3v) is 2.74. The smallest absolute Gasteiger partial charge is 0.139 e. The number of carbonyl (C=O) groups is 1. The molecule has 0 bridgehead atoms. The van der Waals surface area contributed by atoms with E-state index in [0.717, 1.165) is 0 Å². The van der Waals surface area contributed by atoms with E-state index in [9.17, 15) is 4.79 Å². The zero-order valence-corrected chi connectivity index (χ0v) is 10.4. The predicted octanol–water partition coefficient (Wildman–Crippen LogP) is 3.72. The Morgan fingerprint density at radius 2 is 2.00 bits per heavy atom. The van der Waals surface area contributed by atoms with Crippen LogP contribution in [-0.2, 0) is 4.79 Å². The topological polar surface area (TPSA) is 30.0 Å². The van der Waals surface area contributed by atoms with Gasteiger partial charge in [0, 0.05) is 6.20 Å². The average Bonchev–Trinajstić information content (AvgIpc) is 2.08. The highest BCUT2D eigenvalue weighted by Crippen LogP contribution is 2.30. The van der Waals surface area contributed by atoms with E-state index < -0.39 is 0 Å². The predicted molar refractivity (Wildman–Crippen MR) is 62.5 cm³/mol. The third kappa shape index (κ3) is 2.93. The van der Waals surface area contributed by atoms with Crippen LogP contribution < -0.4 is 0 Å². The van der Waals surface area contributed by atoms with Crippen LogP contribution in [0.15, 0.2) is 12.3 Å². The molecule has 0 fully saturated rings. The van der Waals surface area contributed by atoms with Crippen molar-refractivity contribution < 1.29 is 4.79 Å². The van der Waals surface area contributed by atoms with Gasteiger partial charge in [0.2, 0.25) is 0 Å². The summed E-state index contributed by atoms with van der Waals surface area (Å²) in [5, 5.41) is 0.936. The van der Waals surface area contributed by atoms with Crippen molar-refractivity contribution in [1.29, 1.82) is 0 Å². The van der Waals surface area contributed by atoms with Gasteiger partial charge in [-0.25, -0.2) is 0 Å². The van der Waals surface area contributed by atoms with Crippen molar-refractivity contribution in [2.75, 3.05) is 0 Å². The Bertz CT molecular complexity index is 377. The summed E-state index contributed by atoms with van der Waals surface area (Å²) in [7, 11) is 0. The second-order valence-corrected chi connectivity index (χ2v) is 4.70. The van der Waals surface area contributed by atoms with Crippen LogP contribution >= 0.6 is 23.2 Å². The van der Waals surface area contributed by atoms with Gasteiger partial charge in [-0.2, -0.15) is 0 Å². The monoisotopic (exact) mass is 245 g/mol. The number of carbonyl (C=O) groups excluding carboxylic acids is 1. The van der Waals surface area contributed by atoms with Gasteiger partial charge < -0.3 is 0 Å². The lowest BCUT2D eigenvalue weighted by Crippen LogP contribution is -2.17. The first-order chi connectivity index (χ1) is 6.93. The van der Waals surface area contributed by atoms with Crippen molar-refractivity contribution in [3.8, 4) is 0 Å². The fourth-order valence-corrected chi connectivity index (χ4v) is 2.13. The Labute approximate surface area is 99.6 Å². The first-order valence-electron chi connectivity index (χ1n) is 4.75. The van der Waals surface area contributed by atoms with Crippen molar-refractivity contribution in [3.63, 3.8) is 0 Å². The summed E-state index contributed by atoms with van der Waals surface area (Å²) in [5.41, 5.74) is 0.614. The van der Waals surface area contributed by atoms with Crippen molar-refractivity contribution in [3.05, 3.63) is 28.0 Å². The summed E-state index contributed by atoms with van der Waals surface area (Å²) in [6.07, 6.45) is 1.51. The molecule has 0 N–H and O–H groups in total. The van der Waals surface area contributed by atoms with E-state index in [1.165, 1.54) is 6.20 Å². The summed E-state index contributed by atoms with van der Waals surface area (Å²) < 4.78 is 0. The molecule has 0 aliphatic carbocycles. The van der Waals surface area contributed by atoms with E-state index in [1.54, 1.807) is 13.0 Å². The number of pyridine rings is 1. The molecule has 2 nitrogen and oxygen atoms in total. The minimum atomic E-state index is -0.255. The minimum absolute atomic E-state index is 0.0710. The van der Waals surface area contributed by atoms with Gasteiger partial charge in [-0.3, -0.25) is 9.78 Å². The lowest BCUT2D eigenvalue weighted by molar-refractivity contribution is -0.119. The Morgan fingerprint density at radius 3 is 2.40 bits per heavy atom. The molecule has 1 aromatic rings. The number of hydrogen-bond donors (Lipinski definition) is 0. The molecule has 1 heterocycles. The average molecular weight is 246 g/mol. The quantitative estimate of drug-likeness (QED) is 0.813. The SMILES string of the molecule is CC(=O)C(c1ncc(Cl)cc1Cl)C(C)C. The fourth-order valence-electron chi connectivity index (χ4n) is 1.63. The number of nitrogens with zero attached hydrogens (tertiary/aromatic N) is 1. The molecule has 0 aliphatic rings. The first kappa shape index (κ1) is 12.5. The van der Waals surface area contributed by atoms with Gasteiger partial charge >= 0.3 is 0 Å². The molecule has 0 amide bonds. The number of hydrogen-bond acceptors (Lipinski definition) is 2. The van der Waals surface area contributed by atoms with E-state index in [2.05, 4.69) is 4.98 Å². The molecule has 0 saturated carbocycles. The van der Waals surface area contributed by atoms with E-state index in [-0.39, 0.29) is 17.6 Å². The van der Waals surface area contributed by atoms with Crippen LogP contribution in [0.1, 0.15) is 32.4 Å². The lowest BCUT2D eigenvalue weighted by Gasteiger charge is -2.18. The zero-order chi connectivity index (χ0) is 11.6. The van der Waals surface area contributed by atoms with Crippen LogP contribution in [0.3, 0.4) is 0 Å². The highest BCUT2D eigenvalue weighted by molar-refractivity contribution is 6.35. The number of aromatic nitrogens is 1. The number of ketones is 1. The van der Waals surface area contributed by atoms with Crippen molar-refractivity contribution in [2.24, 2.45) is 5.92 Å². The van der Waals surface area contributed by atoms with Crippen LogP contribution in [0.25, 0.3) is 0 Å². The largest absolute Gasteiger partial charge is 0.299 e. The maximum atomic E-state index is 11.5. The molecule has 1 rings (SSSR count). The molecule has 1 unspecified atom stereocenters. The fraction of sp³-hybridized carbons (Fsp3) is 0.455. The summed E-state index contributed by atoms with van der Waals surface area (Å²) in [5.74, 6) is -0.00911. The highest BCUT2D eigenvalue weighted by Gasteiger charge is 2.24. The van der Waals surface area contributed by atoms with Crippen molar-refractivity contribution in [1.82, 2.24) is 4.98 Å². The molecule has 82 valence electrons. The molecule has 15 heavy (non-hydrogen) atoms. The van der Waals surface area contributed by atoms with E-state index in [0.29, 0.717) is 15.7 Å². The second-order valence-electron chi connectivity index (χ2n) is 3.85. The summed E-state index contributed by atoms with van der Waals surface area (Å²) >= 11 is 11.8. The van der Waals surface area contributed by atoms with Crippen LogP contribution in [0, 0.1) is 5.92 Å². The van der Waals surface area contributed by atoms with Gasteiger partial charge in [0.15, 0.2) is 0 Å². The van der Waals surface area contributed by atoms with Crippen LogP contribution in [0.2, 0.25) is 10.0 Å². The summed E-state index contributed by atoms with van der Waals surface area (Å²) in [6, 6.07) is 1.61. The van der Waals surface area contributed by atoms with Crippen LogP contribution in [0.5, 0.6) is 0 Å². The molecular formula is C11H13Cl2NO. The number of rotatable bonds is 3. The Morgan fingerprint density at radius 1 is 1.40 bits per heavy atom.